The fourth-order valence-corrected chi connectivity index (χ4v) is 1.90. The Bertz CT molecular complexity index is 641. The highest BCUT2D eigenvalue weighted by molar-refractivity contribution is 7.85. The van der Waals surface area contributed by atoms with Crippen LogP contribution in [0.15, 0.2) is 46.0 Å². The summed E-state index contributed by atoms with van der Waals surface area (Å²) in [6.45, 7) is 1.68. The summed E-state index contributed by atoms with van der Waals surface area (Å²) >= 11 is 0. The Morgan fingerprint density at radius 1 is 1.24 bits per heavy atom. The third-order valence-electron chi connectivity index (χ3n) is 2.18. The van der Waals surface area contributed by atoms with E-state index in [9.17, 15) is 13.2 Å². The number of nitrogens with zero attached hydrogens (tertiary/aromatic N) is 2. The number of carbonyl (C=O) groups excluding carboxylic acids is 1. The van der Waals surface area contributed by atoms with Crippen LogP contribution < -0.4 is 0 Å². The molecule has 2 rings (SSSR count). The number of azo groups is 2. The van der Waals surface area contributed by atoms with Crippen LogP contribution in [0, 0.1) is 0 Å². The highest BCUT2D eigenvalue weighted by Gasteiger charge is 2.27. The molecule has 1 aliphatic rings. The molecule has 0 fully saturated rings. The van der Waals surface area contributed by atoms with Gasteiger partial charge in [0, 0.05) is 17.2 Å². The van der Waals surface area contributed by atoms with Crippen LogP contribution in [0.4, 0.5) is 5.69 Å². The Labute approximate surface area is 97.6 Å². The summed E-state index contributed by atoms with van der Waals surface area (Å²) in [5.41, 5.74) is 1.02. The summed E-state index contributed by atoms with van der Waals surface area (Å²) in [7, 11) is -4.21. The maximum atomic E-state index is 11.5. The van der Waals surface area contributed by atoms with Crippen molar-refractivity contribution in [3.05, 3.63) is 36.0 Å². The molecule has 0 unspecified atom stereocenters. The number of hydrogen-bond acceptors (Lipinski definition) is 4. The molecule has 0 saturated carbocycles. The van der Waals surface area contributed by atoms with Gasteiger partial charge in [-0.1, -0.05) is 0 Å². The highest BCUT2D eigenvalue weighted by Crippen LogP contribution is 2.20. The minimum absolute atomic E-state index is 0.224. The summed E-state index contributed by atoms with van der Waals surface area (Å²) in [5, 5.41) is 3.96. The van der Waals surface area contributed by atoms with Gasteiger partial charge in [0.2, 0.25) is 5.69 Å². The lowest BCUT2D eigenvalue weighted by Gasteiger charge is -1.95. The van der Waals surface area contributed by atoms with Crippen molar-refractivity contribution < 1.29 is 22.5 Å². The molecular formula is C10H9N2O4S+. The molecule has 0 bridgehead atoms. The van der Waals surface area contributed by atoms with Gasteiger partial charge in [-0.05, 0) is 23.8 Å². The minimum Gasteiger partial charge on any atom is -0.282 e. The molecule has 6 nitrogen and oxygen atoms in total. The van der Waals surface area contributed by atoms with Crippen molar-refractivity contribution in [3.8, 4) is 0 Å². The molecule has 0 atom stereocenters. The number of carbonyl (C=O) groups is 1. The van der Waals surface area contributed by atoms with Crippen LogP contribution in [-0.4, -0.2) is 23.6 Å². The Kier molecular flexibility index (Phi) is 2.64. The van der Waals surface area contributed by atoms with Crippen molar-refractivity contribution in [1.29, 1.82) is 0 Å². The van der Waals surface area contributed by atoms with Crippen molar-refractivity contribution in [1.82, 2.24) is 0 Å². The van der Waals surface area contributed by atoms with E-state index in [1.165, 1.54) is 30.3 Å². The second-order valence-corrected chi connectivity index (χ2v) is 4.93. The van der Waals surface area contributed by atoms with E-state index >= 15 is 0 Å². The van der Waals surface area contributed by atoms with Gasteiger partial charge in [0.15, 0.2) is 0 Å². The maximum Gasteiger partial charge on any atom is 0.444 e. The van der Waals surface area contributed by atoms with E-state index in [-0.39, 0.29) is 10.8 Å². The van der Waals surface area contributed by atoms with Crippen molar-refractivity contribution in [2.45, 2.75) is 11.8 Å². The van der Waals surface area contributed by atoms with Gasteiger partial charge in [-0.2, -0.15) is 8.42 Å². The Morgan fingerprint density at radius 3 is 2.24 bits per heavy atom. The molecule has 1 heterocycles. The molecule has 88 valence electrons. The molecule has 1 aromatic carbocycles. The number of amides is 1. The molecule has 17 heavy (non-hydrogen) atoms. The van der Waals surface area contributed by atoms with E-state index in [1.54, 1.807) is 6.92 Å². The van der Waals surface area contributed by atoms with Gasteiger partial charge in [-0.15, -0.1) is 0 Å². The number of rotatable bonds is 2. The zero-order chi connectivity index (χ0) is 12.6. The lowest BCUT2D eigenvalue weighted by atomic mass is 10.3. The van der Waals surface area contributed by atoms with Crippen LogP contribution in [0.3, 0.4) is 0 Å². The van der Waals surface area contributed by atoms with Crippen LogP contribution >= 0.6 is 0 Å². The van der Waals surface area contributed by atoms with E-state index in [4.69, 9.17) is 4.55 Å². The predicted octanol–water partition coefficient (Wildman–Crippen LogP) is 1.47. The first-order valence-corrected chi connectivity index (χ1v) is 6.13. The molecule has 1 aromatic rings. The van der Waals surface area contributed by atoms with Gasteiger partial charge < -0.3 is 0 Å². The molecule has 1 N–H and O–H groups in total. The van der Waals surface area contributed by atoms with Gasteiger partial charge >= 0.3 is 5.91 Å². The molecule has 0 saturated heterocycles. The largest absolute Gasteiger partial charge is 0.444 e. The van der Waals surface area contributed by atoms with Crippen LogP contribution in [0.2, 0.25) is 0 Å². The molecule has 1 amide bonds. The van der Waals surface area contributed by atoms with E-state index < -0.39 is 10.1 Å². The zero-order valence-electron chi connectivity index (χ0n) is 8.86. The highest BCUT2D eigenvalue weighted by atomic mass is 32.2. The van der Waals surface area contributed by atoms with Crippen molar-refractivity contribution in [2.24, 2.45) is 5.11 Å². The summed E-state index contributed by atoms with van der Waals surface area (Å²) in [6.07, 6.45) is 1.37. The first-order chi connectivity index (χ1) is 7.88. The van der Waals surface area contributed by atoms with Gasteiger partial charge in [-0.25, -0.2) is 4.79 Å². The summed E-state index contributed by atoms with van der Waals surface area (Å²) in [4.78, 5) is 11.2. The van der Waals surface area contributed by atoms with Crippen molar-refractivity contribution in [3.63, 3.8) is 0 Å². The first-order valence-electron chi connectivity index (χ1n) is 4.69. The SMILES string of the molecule is CC1=CC(=O)[N+](c2ccc(S(=O)(=O)O)cc2)=N1. The molecule has 0 aliphatic carbocycles. The quantitative estimate of drug-likeness (QED) is 0.638. The third kappa shape index (κ3) is 2.29. The summed E-state index contributed by atoms with van der Waals surface area (Å²) in [5.74, 6) is -0.290. The first kappa shape index (κ1) is 11.6. The summed E-state index contributed by atoms with van der Waals surface area (Å²) < 4.78 is 31.6. The standard InChI is InChI=1S/C10H8N2O4S/c1-7-6-10(13)12(11-7)8-2-4-9(5-3-8)17(14,15)16/h2-6H,1H3/p+1. The fraction of sp³-hybridized carbons (Fsp3) is 0.100. The lowest BCUT2D eigenvalue weighted by Crippen LogP contribution is -2.07. The van der Waals surface area contributed by atoms with Crippen LogP contribution in [0.5, 0.6) is 0 Å². The van der Waals surface area contributed by atoms with Crippen LogP contribution in [0.25, 0.3) is 0 Å². The van der Waals surface area contributed by atoms with Gasteiger partial charge in [-0.3, -0.25) is 4.55 Å². The summed E-state index contributed by atoms with van der Waals surface area (Å²) in [6, 6.07) is 5.22. The lowest BCUT2D eigenvalue weighted by molar-refractivity contribution is -0.421. The number of allylic oxidation sites excluding steroid dienone is 1. The zero-order valence-corrected chi connectivity index (χ0v) is 9.68. The Hall–Kier alpha value is -1.86. The third-order valence-corrected chi connectivity index (χ3v) is 3.05. The Morgan fingerprint density at radius 2 is 1.82 bits per heavy atom. The topological polar surface area (TPSA) is 86.8 Å². The molecule has 7 heteroatoms. The second-order valence-electron chi connectivity index (χ2n) is 3.50. The fourth-order valence-electron chi connectivity index (χ4n) is 1.42. The van der Waals surface area contributed by atoms with E-state index in [0.717, 1.165) is 4.70 Å². The van der Waals surface area contributed by atoms with Gasteiger partial charge in [0.05, 0.1) is 11.0 Å². The van der Waals surface area contributed by atoms with Crippen molar-refractivity contribution in [2.75, 3.05) is 0 Å². The normalized spacial score (nSPS) is 15.8. The molecule has 0 aromatic heterocycles. The van der Waals surface area contributed by atoms with Crippen molar-refractivity contribution >= 4 is 21.7 Å². The van der Waals surface area contributed by atoms with Crippen LogP contribution in [-0.2, 0) is 14.9 Å². The van der Waals surface area contributed by atoms with Gasteiger partial charge in [0.1, 0.15) is 5.70 Å². The number of benzene rings is 1. The average molecular weight is 253 g/mol. The smallest absolute Gasteiger partial charge is 0.282 e. The van der Waals surface area contributed by atoms with E-state index in [1.807, 2.05) is 0 Å². The molecular weight excluding hydrogens is 244 g/mol. The van der Waals surface area contributed by atoms with E-state index in [0.29, 0.717) is 11.4 Å². The number of hydrogen-bond donors (Lipinski definition) is 1. The Balaban J connectivity index is 2.39. The van der Waals surface area contributed by atoms with Gasteiger partial charge in [0.25, 0.3) is 10.1 Å². The minimum atomic E-state index is -4.21. The molecule has 1 aliphatic heterocycles. The maximum absolute atomic E-state index is 11.5. The van der Waals surface area contributed by atoms with E-state index in [2.05, 4.69) is 5.11 Å². The molecule has 0 spiro atoms. The molecule has 0 radical (unpaired) electrons. The van der Waals surface area contributed by atoms with Crippen LogP contribution in [0.1, 0.15) is 6.92 Å². The predicted molar refractivity (Wildman–Crippen MR) is 57.4 cm³/mol. The monoisotopic (exact) mass is 253 g/mol. The second kappa shape index (κ2) is 3.86. The average Bonchev–Trinajstić information content (AvgIpc) is 2.57.